The van der Waals surface area contributed by atoms with Gasteiger partial charge in [0.2, 0.25) is 0 Å². The van der Waals surface area contributed by atoms with E-state index >= 15 is 0 Å². The lowest BCUT2D eigenvalue weighted by molar-refractivity contribution is -0.123. The zero-order valence-electron chi connectivity index (χ0n) is 16.4. The van der Waals surface area contributed by atoms with Gasteiger partial charge in [-0.2, -0.15) is 0 Å². The molecule has 1 N–H and O–H groups in total. The summed E-state index contributed by atoms with van der Waals surface area (Å²) in [5, 5.41) is 3.00. The van der Waals surface area contributed by atoms with E-state index in [0.717, 1.165) is 12.8 Å². The van der Waals surface area contributed by atoms with Crippen LogP contribution >= 0.6 is 23.5 Å². The second-order valence-electron chi connectivity index (χ2n) is 6.77. The summed E-state index contributed by atoms with van der Waals surface area (Å²) in [7, 11) is 1.63. The van der Waals surface area contributed by atoms with Crippen LogP contribution in [0.2, 0.25) is 0 Å². The maximum atomic E-state index is 12.2. The van der Waals surface area contributed by atoms with Gasteiger partial charge in [-0.3, -0.25) is 4.79 Å². The number of amides is 1. The molecule has 1 fully saturated rings. The molecule has 28 heavy (non-hydrogen) atoms. The normalized spacial score (nSPS) is 15.2. The predicted molar refractivity (Wildman–Crippen MR) is 119 cm³/mol. The molecule has 2 aromatic rings. The first-order valence-electron chi connectivity index (χ1n) is 9.53. The standard InChI is InChI=1S/C22H27NO3S2/c1-16(8-9-17-6-4-3-5-7-17)23-21(24)15-26-19-11-10-18(14-20(19)25-2)22-27-12-13-28-22/h3-7,10-11,14,16,22H,8-9,12-13,15H2,1-2H3,(H,23,24)/t16-/m1/s1. The van der Waals surface area contributed by atoms with Gasteiger partial charge in [0.05, 0.1) is 11.7 Å². The first kappa shape index (κ1) is 20.9. The molecule has 0 aromatic heterocycles. The van der Waals surface area contributed by atoms with E-state index in [4.69, 9.17) is 9.47 Å². The van der Waals surface area contributed by atoms with E-state index in [1.54, 1.807) is 7.11 Å². The van der Waals surface area contributed by atoms with Gasteiger partial charge in [-0.1, -0.05) is 36.4 Å². The molecule has 2 aromatic carbocycles. The Hall–Kier alpha value is -1.79. The number of benzene rings is 2. The molecule has 0 aliphatic carbocycles. The van der Waals surface area contributed by atoms with Gasteiger partial charge >= 0.3 is 0 Å². The minimum Gasteiger partial charge on any atom is -0.493 e. The Morgan fingerprint density at radius 1 is 1.14 bits per heavy atom. The molecule has 1 atom stereocenters. The number of rotatable bonds is 9. The molecule has 1 heterocycles. The molecule has 0 spiro atoms. The molecule has 1 aliphatic heterocycles. The minimum absolute atomic E-state index is 0.0156. The van der Waals surface area contributed by atoms with Crippen molar-refractivity contribution in [2.75, 3.05) is 25.2 Å². The first-order chi connectivity index (χ1) is 13.7. The van der Waals surface area contributed by atoms with E-state index in [9.17, 15) is 4.79 Å². The fourth-order valence-electron chi connectivity index (χ4n) is 3.06. The number of thioether (sulfide) groups is 2. The molecule has 0 saturated carbocycles. The van der Waals surface area contributed by atoms with Crippen LogP contribution in [0.15, 0.2) is 48.5 Å². The van der Waals surface area contributed by atoms with Crippen molar-refractivity contribution in [2.45, 2.75) is 30.4 Å². The Bertz CT molecular complexity index is 764. The van der Waals surface area contributed by atoms with E-state index in [1.807, 2.05) is 60.8 Å². The zero-order chi connectivity index (χ0) is 19.8. The first-order valence-corrected chi connectivity index (χ1v) is 11.6. The monoisotopic (exact) mass is 417 g/mol. The zero-order valence-corrected chi connectivity index (χ0v) is 18.0. The highest BCUT2D eigenvalue weighted by molar-refractivity contribution is 8.19. The van der Waals surface area contributed by atoms with E-state index in [2.05, 4.69) is 23.5 Å². The van der Waals surface area contributed by atoms with Crippen molar-refractivity contribution < 1.29 is 14.3 Å². The van der Waals surface area contributed by atoms with Crippen molar-refractivity contribution >= 4 is 29.4 Å². The van der Waals surface area contributed by atoms with Gasteiger partial charge in [-0.15, -0.1) is 23.5 Å². The molecule has 4 nitrogen and oxygen atoms in total. The van der Waals surface area contributed by atoms with Gasteiger partial charge in [0, 0.05) is 17.5 Å². The number of carbonyl (C=O) groups is 1. The van der Waals surface area contributed by atoms with Crippen LogP contribution in [0.5, 0.6) is 11.5 Å². The van der Waals surface area contributed by atoms with Crippen LogP contribution in [0.3, 0.4) is 0 Å². The lowest BCUT2D eigenvalue weighted by Gasteiger charge is -2.16. The van der Waals surface area contributed by atoms with Crippen LogP contribution in [0.4, 0.5) is 0 Å². The van der Waals surface area contributed by atoms with Gasteiger partial charge in [0.25, 0.3) is 5.91 Å². The molecular formula is C22H27NO3S2. The molecule has 1 aliphatic rings. The van der Waals surface area contributed by atoms with Gasteiger partial charge in [0.1, 0.15) is 0 Å². The van der Waals surface area contributed by atoms with Crippen molar-refractivity contribution in [1.82, 2.24) is 5.32 Å². The number of nitrogens with one attached hydrogen (secondary N) is 1. The summed E-state index contributed by atoms with van der Waals surface area (Å²) in [6, 6.07) is 16.4. The van der Waals surface area contributed by atoms with Gasteiger partial charge in [-0.25, -0.2) is 0 Å². The third-order valence-electron chi connectivity index (χ3n) is 4.56. The summed E-state index contributed by atoms with van der Waals surface area (Å²) in [6.45, 7) is 2.01. The van der Waals surface area contributed by atoms with E-state index in [0.29, 0.717) is 16.1 Å². The Morgan fingerprint density at radius 2 is 1.89 bits per heavy atom. The summed E-state index contributed by atoms with van der Waals surface area (Å²) >= 11 is 3.90. The number of hydrogen-bond acceptors (Lipinski definition) is 5. The third-order valence-corrected chi connectivity index (χ3v) is 7.66. The van der Waals surface area contributed by atoms with Crippen molar-refractivity contribution in [3.05, 3.63) is 59.7 Å². The van der Waals surface area contributed by atoms with Gasteiger partial charge < -0.3 is 14.8 Å². The quantitative estimate of drug-likeness (QED) is 0.641. The van der Waals surface area contributed by atoms with Gasteiger partial charge in [-0.05, 0) is 43.0 Å². The number of carbonyl (C=O) groups excluding carboxylic acids is 1. The Kier molecular flexibility index (Phi) is 7.98. The van der Waals surface area contributed by atoms with Crippen LogP contribution in [0.1, 0.15) is 29.1 Å². The minimum atomic E-state index is -0.117. The van der Waals surface area contributed by atoms with E-state index < -0.39 is 0 Å². The molecule has 6 heteroatoms. The Balaban J connectivity index is 1.46. The fourth-order valence-corrected chi connectivity index (χ4v) is 5.90. The van der Waals surface area contributed by atoms with Crippen molar-refractivity contribution in [1.29, 1.82) is 0 Å². The summed E-state index contributed by atoms with van der Waals surface area (Å²) in [6.07, 6.45) is 1.83. The maximum Gasteiger partial charge on any atom is 0.258 e. The largest absolute Gasteiger partial charge is 0.493 e. The number of aryl methyl sites for hydroxylation is 1. The molecule has 150 valence electrons. The fraction of sp³-hybridized carbons (Fsp3) is 0.409. The molecule has 1 saturated heterocycles. The van der Waals surface area contributed by atoms with Crippen molar-refractivity contribution in [2.24, 2.45) is 0 Å². The summed E-state index contributed by atoms with van der Waals surface area (Å²) in [5.74, 6) is 3.52. The topological polar surface area (TPSA) is 47.6 Å². The van der Waals surface area contributed by atoms with Crippen LogP contribution < -0.4 is 14.8 Å². The highest BCUT2D eigenvalue weighted by Crippen LogP contribution is 2.46. The average molecular weight is 418 g/mol. The maximum absolute atomic E-state index is 12.2. The van der Waals surface area contributed by atoms with Gasteiger partial charge in [0.15, 0.2) is 18.1 Å². The van der Waals surface area contributed by atoms with Crippen LogP contribution in [0, 0.1) is 0 Å². The van der Waals surface area contributed by atoms with Crippen LogP contribution in [0.25, 0.3) is 0 Å². The van der Waals surface area contributed by atoms with Crippen LogP contribution in [-0.2, 0) is 11.2 Å². The number of hydrogen-bond donors (Lipinski definition) is 1. The summed E-state index contributed by atoms with van der Waals surface area (Å²) in [5.41, 5.74) is 2.51. The number of ether oxygens (including phenoxy) is 2. The van der Waals surface area contributed by atoms with Crippen molar-refractivity contribution in [3.8, 4) is 11.5 Å². The summed E-state index contributed by atoms with van der Waals surface area (Å²) < 4.78 is 11.6. The summed E-state index contributed by atoms with van der Waals surface area (Å²) in [4.78, 5) is 12.2. The van der Waals surface area contributed by atoms with E-state index in [-0.39, 0.29) is 18.6 Å². The predicted octanol–water partition coefficient (Wildman–Crippen LogP) is 4.69. The smallest absolute Gasteiger partial charge is 0.258 e. The molecule has 1 amide bonds. The lowest BCUT2D eigenvalue weighted by atomic mass is 10.1. The van der Waals surface area contributed by atoms with Crippen molar-refractivity contribution in [3.63, 3.8) is 0 Å². The third kappa shape index (κ3) is 6.11. The average Bonchev–Trinajstić information content (AvgIpc) is 3.26. The Morgan fingerprint density at radius 3 is 2.61 bits per heavy atom. The number of methoxy groups -OCH3 is 1. The SMILES string of the molecule is COc1cc(C2SCCS2)ccc1OCC(=O)N[C@H](C)CCc1ccccc1. The molecule has 3 rings (SSSR count). The Labute approximate surface area is 175 Å². The molecule has 0 bridgehead atoms. The lowest BCUT2D eigenvalue weighted by Crippen LogP contribution is -2.36. The molecular weight excluding hydrogens is 390 g/mol. The molecule has 0 unspecified atom stereocenters. The highest BCUT2D eigenvalue weighted by Gasteiger charge is 2.20. The van der Waals surface area contributed by atoms with Crippen LogP contribution in [-0.4, -0.2) is 37.2 Å². The molecule has 0 radical (unpaired) electrons. The van der Waals surface area contributed by atoms with E-state index in [1.165, 1.54) is 22.6 Å². The highest BCUT2D eigenvalue weighted by atomic mass is 32.2. The second kappa shape index (κ2) is 10.7. The second-order valence-corrected chi connectivity index (χ2v) is 9.49.